The van der Waals surface area contributed by atoms with Gasteiger partial charge in [-0.15, -0.1) is 12.4 Å². The first-order valence-corrected chi connectivity index (χ1v) is 3.97. The molecule has 0 amide bonds. The fourth-order valence-corrected chi connectivity index (χ4v) is 1.07. The molecule has 0 spiro atoms. The Labute approximate surface area is 96.1 Å². The molecule has 15 heavy (non-hydrogen) atoms. The van der Waals surface area contributed by atoms with Gasteiger partial charge in [-0.3, -0.25) is 5.41 Å². The van der Waals surface area contributed by atoms with Crippen molar-refractivity contribution in [3.63, 3.8) is 0 Å². The van der Waals surface area contributed by atoms with Gasteiger partial charge in [0.05, 0.1) is 5.56 Å². The van der Waals surface area contributed by atoms with Crippen LogP contribution in [0.4, 0.5) is 8.78 Å². The number of amidine groups is 1. The number of ether oxygens (including phenoxy) is 1. The summed E-state index contributed by atoms with van der Waals surface area (Å²) in [5.74, 6) is -0.544. The quantitative estimate of drug-likeness (QED) is 0.646. The van der Waals surface area contributed by atoms with E-state index in [0.29, 0.717) is 0 Å². The van der Waals surface area contributed by atoms with E-state index < -0.39 is 6.61 Å². The second kappa shape index (κ2) is 5.72. The van der Waals surface area contributed by atoms with Crippen LogP contribution in [0.3, 0.4) is 0 Å². The lowest BCUT2D eigenvalue weighted by Gasteiger charge is -2.09. The predicted molar refractivity (Wildman–Crippen MR) is 56.3 cm³/mol. The topological polar surface area (TPSA) is 59.1 Å². The summed E-state index contributed by atoms with van der Waals surface area (Å²) in [5, 5.41) is 7.34. The van der Waals surface area contributed by atoms with Crippen LogP contribution in [-0.4, -0.2) is 12.4 Å². The molecule has 3 N–H and O–H groups in total. The van der Waals surface area contributed by atoms with Gasteiger partial charge in [-0.05, 0) is 18.2 Å². The molecule has 1 rings (SSSR count). The van der Waals surface area contributed by atoms with E-state index in [1.54, 1.807) is 0 Å². The highest BCUT2D eigenvalue weighted by atomic mass is 35.5. The number of nitrogen functional groups attached to an aromatic ring is 1. The molecule has 0 saturated carbocycles. The maximum atomic E-state index is 11.9. The number of hydrogen-bond donors (Lipinski definition) is 2. The van der Waals surface area contributed by atoms with Gasteiger partial charge in [0.1, 0.15) is 11.6 Å². The smallest absolute Gasteiger partial charge is 0.387 e. The molecule has 0 heterocycles. The first-order chi connectivity index (χ1) is 6.50. The molecule has 0 radical (unpaired) electrons. The lowest BCUT2D eigenvalue weighted by atomic mass is 10.2. The lowest BCUT2D eigenvalue weighted by molar-refractivity contribution is -0.0499. The molecule has 1 aromatic rings. The maximum Gasteiger partial charge on any atom is 0.387 e. The van der Waals surface area contributed by atoms with E-state index in [1.165, 1.54) is 18.2 Å². The van der Waals surface area contributed by atoms with Gasteiger partial charge in [-0.1, -0.05) is 11.6 Å². The molecule has 3 nitrogen and oxygen atoms in total. The minimum Gasteiger partial charge on any atom is -0.434 e. The van der Waals surface area contributed by atoms with Crippen LogP contribution in [0.2, 0.25) is 5.02 Å². The summed E-state index contributed by atoms with van der Waals surface area (Å²) in [6, 6.07) is 3.98. The Morgan fingerprint density at radius 3 is 2.53 bits per heavy atom. The summed E-state index contributed by atoms with van der Waals surface area (Å²) in [7, 11) is 0. The van der Waals surface area contributed by atoms with Crippen molar-refractivity contribution in [2.45, 2.75) is 6.61 Å². The van der Waals surface area contributed by atoms with Crippen LogP contribution in [-0.2, 0) is 0 Å². The average molecular weight is 257 g/mol. The van der Waals surface area contributed by atoms with Crippen LogP contribution in [0.15, 0.2) is 18.2 Å². The van der Waals surface area contributed by atoms with Crippen LogP contribution in [0.5, 0.6) is 5.75 Å². The second-order valence-corrected chi connectivity index (χ2v) is 2.87. The van der Waals surface area contributed by atoms with Crippen molar-refractivity contribution in [2.75, 3.05) is 0 Å². The van der Waals surface area contributed by atoms with E-state index in [1.807, 2.05) is 0 Å². The number of nitrogens with one attached hydrogen (secondary N) is 1. The van der Waals surface area contributed by atoms with Gasteiger partial charge in [0.2, 0.25) is 0 Å². The Hall–Kier alpha value is -1.07. The molecule has 0 aliphatic rings. The van der Waals surface area contributed by atoms with Crippen LogP contribution in [0.1, 0.15) is 5.56 Å². The molecule has 1 aromatic carbocycles. The minimum atomic E-state index is -2.97. The Kier molecular flexibility index (Phi) is 5.32. The summed E-state index contributed by atoms with van der Waals surface area (Å²) < 4.78 is 28.0. The van der Waals surface area contributed by atoms with Crippen molar-refractivity contribution in [1.82, 2.24) is 0 Å². The third kappa shape index (κ3) is 3.89. The third-order valence-corrected chi connectivity index (χ3v) is 1.68. The van der Waals surface area contributed by atoms with Crippen molar-refractivity contribution >= 4 is 29.8 Å². The van der Waals surface area contributed by atoms with Gasteiger partial charge in [0, 0.05) is 5.02 Å². The zero-order chi connectivity index (χ0) is 10.7. The maximum absolute atomic E-state index is 11.9. The monoisotopic (exact) mass is 256 g/mol. The molecule has 7 heteroatoms. The van der Waals surface area contributed by atoms with E-state index >= 15 is 0 Å². The van der Waals surface area contributed by atoms with Crippen molar-refractivity contribution in [3.05, 3.63) is 28.8 Å². The fourth-order valence-electron chi connectivity index (χ4n) is 0.912. The number of alkyl halides is 2. The predicted octanol–water partition coefficient (Wildman–Crippen LogP) is 2.65. The summed E-state index contributed by atoms with van der Waals surface area (Å²) in [6.45, 7) is -2.97. The normalized spacial score (nSPS) is 9.60. The Morgan fingerprint density at radius 2 is 2.07 bits per heavy atom. The van der Waals surface area contributed by atoms with Gasteiger partial charge >= 0.3 is 6.61 Å². The van der Waals surface area contributed by atoms with Crippen LogP contribution in [0.25, 0.3) is 0 Å². The molecule has 0 unspecified atom stereocenters. The lowest BCUT2D eigenvalue weighted by Crippen LogP contribution is -2.14. The SMILES string of the molecule is Cl.N=C(N)c1ccc(Cl)cc1OC(F)F. The number of halogens is 4. The van der Waals surface area contributed by atoms with Gasteiger partial charge in [-0.25, -0.2) is 0 Å². The largest absolute Gasteiger partial charge is 0.434 e. The van der Waals surface area contributed by atoms with Gasteiger partial charge in [-0.2, -0.15) is 8.78 Å². The van der Waals surface area contributed by atoms with E-state index in [0.717, 1.165) is 0 Å². The molecule has 84 valence electrons. The van der Waals surface area contributed by atoms with Crippen LogP contribution >= 0.6 is 24.0 Å². The first-order valence-electron chi connectivity index (χ1n) is 3.59. The molecular formula is C8H8Cl2F2N2O. The molecule has 0 atom stereocenters. The summed E-state index contributed by atoms with van der Waals surface area (Å²) in [6.07, 6.45) is 0. The van der Waals surface area contributed by atoms with Crippen LogP contribution < -0.4 is 10.5 Å². The third-order valence-electron chi connectivity index (χ3n) is 1.45. The molecule has 0 aliphatic carbocycles. The number of rotatable bonds is 3. The van der Waals surface area contributed by atoms with Crippen molar-refractivity contribution in [3.8, 4) is 5.75 Å². The zero-order valence-corrected chi connectivity index (χ0v) is 8.91. The van der Waals surface area contributed by atoms with Crippen molar-refractivity contribution in [1.29, 1.82) is 5.41 Å². The minimum absolute atomic E-state index is 0. The standard InChI is InChI=1S/C8H7ClF2N2O.ClH/c9-4-1-2-5(7(12)13)6(3-4)14-8(10)11;/h1-3,8H,(H3,12,13);1H. The highest BCUT2D eigenvalue weighted by molar-refractivity contribution is 6.30. The summed E-state index contributed by atoms with van der Waals surface area (Å²) in [4.78, 5) is 0. The van der Waals surface area contributed by atoms with E-state index in [2.05, 4.69) is 4.74 Å². The molecule has 0 aliphatic heterocycles. The Bertz CT molecular complexity index is 360. The number of hydrogen-bond acceptors (Lipinski definition) is 2. The van der Waals surface area contributed by atoms with E-state index in [-0.39, 0.29) is 34.6 Å². The first kappa shape index (κ1) is 13.9. The van der Waals surface area contributed by atoms with Gasteiger partial charge < -0.3 is 10.5 Å². The number of benzene rings is 1. The highest BCUT2D eigenvalue weighted by Crippen LogP contribution is 2.24. The zero-order valence-electron chi connectivity index (χ0n) is 7.34. The fraction of sp³-hybridized carbons (Fsp3) is 0.125. The molecule has 0 bridgehead atoms. The van der Waals surface area contributed by atoms with E-state index in [4.69, 9.17) is 22.7 Å². The second-order valence-electron chi connectivity index (χ2n) is 2.43. The van der Waals surface area contributed by atoms with Crippen LogP contribution in [0, 0.1) is 5.41 Å². The van der Waals surface area contributed by atoms with Crippen molar-refractivity contribution < 1.29 is 13.5 Å². The summed E-state index contributed by atoms with van der Waals surface area (Å²) >= 11 is 5.57. The van der Waals surface area contributed by atoms with Gasteiger partial charge in [0.25, 0.3) is 0 Å². The van der Waals surface area contributed by atoms with Crippen molar-refractivity contribution in [2.24, 2.45) is 5.73 Å². The molecule has 0 aromatic heterocycles. The number of nitrogens with two attached hydrogens (primary N) is 1. The molecule has 0 saturated heterocycles. The Morgan fingerprint density at radius 1 is 1.47 bits per heavy atom. The summed E-state index contributed by atoms with van der Waals surface area (Å²) in [5.41, 5.74) is 5.25. The van der Waals surface area contributed by atoms with E-state index in [9.17, 15) is 8.78 Å². The highest BCUT2D eigenvalue weighted by Gasteiger charge is 2.11. The average Bonchev–Trinajstić information content (AvgIpc) is 2.01. The molecular weight excluding hydrogens is 249 g/mol. The Balaban J connectivity index is 0.00000196. The van der Waals surface area contributed by atoms with Gasteiger partial charge in [0.15, 0.2) is 0 Å². The molecule has 0 fully saturated rings.